The van der Waals surface area contributed by atoms with E-state index < -0.39 is 17.8 Å². The first-order valence-corrected chi connectivity index (χ1v) is 15.3. The lowest BCUT2D eigenvalue weighted by Crippen LogP contribution is -2.70. The van der Waals surface area contributed by atoms with Crippen LogP contribution in [0.3, 0.4) is 0 Å². The SMILES string of the molecule is CC(=O)OC1CC(O)C2(C)C(CCC3(C)C2CC(O)C2C(C4(C)CCC(C(C)(C)O)O4)CCC23C)C1(C)C. The maximum atomic E-state index is 12.0. The van der Waals surface area contributed by atoms with E-state index in [-0.39, 0.29) is 69.1 Å². The molecule has 12 atom stereocenters. The van der Waals surface area contributed by atoms with Crippen molar-refractivity contribution in [2.75, 3.05) is 0 Å². The van der Waals surface area contributed by atoms with Gasteiger partial charge in [-0.15, -0.1) is 0 Å². The number of hydrogen-bond acceptors (Lipinski definition) is 6. The van der Waals surface area contributed by atoms with Crippen molar-refractivity contribution in [3.8, 4) is 0 Å². The molecule has 0 bridgehead atoms. The monoisotopic (exact) mass is 534 g/mol. The summed E-state index contributed by atoms with van der Waals surface area (Å²) in [5.41, 5.74) is -1.92. The van der Waals surface area contributed by atoms with Crippen LogP contribution < -0.4 is 0 Å². The van der Waals surface area contributed by atoms with E-state index in [9.17, 15) is 20.1 Å². The van der Waals surface area contributed by atoms with E-state index in [0.717, 1.165) is 38.5 Å². The lowest BCUT2D eigenvalue weighted by molar-refractivity contribution is -0.277. The number of fused-ring (bicyclic) bond motifs is 5. The van der Waals surface area contributed by atoms with E-state index >= 15 is 0 Å². The van der Waals surface area contributed by atoms with Crippen LogP contribution in [0, 0.1) is 45.3 Å². The van der Waals surface area contributed by atoms with Crippen molar-refractivity contribution >= 4 is 5.97 Å². The Balaban J connectivity index is 1.48. The van der Waals surface area contributed by atoms with E-state index in [1.54, 1.807) is 0 Å². The van der Waals surface area contributed by atoms with Crippen molar-refractivity contribution in [1.82, 2.24) is 0 Å². The number of aliphatic hydroxyl groups excluding tert-OH is 2. The molecule has 1 aliphatic heterocycles. The molecule has 0 spiro atoms. The van der Waals surface area contributed by atoms with Crippen LogP contribution in [-0.2, 0) is 14.3 Å². The number of rotatable bonds is 3. The van der Waals surface area contributed by atoms with Gasteiger partial charge in [0.05, 0.1) is 29.5 Å². The molecule has 6 nitrogen and oxygen atoms in total. The average molecular weight is 535 g/mol. The van der Waals surface area contributed by atoms with Gasteiger partial charge in [-0.2, -0.15) is 0 Å². The van der Waals surface area contributed by atoms with Crippen LogP contribution in [-0.4, -0.2) is 56.9 Å². The van der Waals surface area contributed by atoms with E-state index in [1.165, 1.54) is 6.92 Å². The predicted molar refractivity (Wildman–Crippen MR) is 146 cm³/mol. The molecule has 4 saturated carbocycles. The average Bonchev–Trinajstić information content (AvgIpc) is 3.37. The van der Waals surface area contributed by atoms with Gasteiger partial charge in [-0.25, -0.2) is 0 Å². The summed E-state index contributed by atoms with van der Waals surface area (Å²) < 4.78 is 12.4. The number of carbonyl (C=O) groups excluding carboxylic acids is 1. The number of aliphatic hydroxyl groups is 3. The summed E-state index contributed by atoms with van der Waals surface area (Å²) in [6.45, 7) is 18.9. The molecular formula is C32H54O6. The highest BCUT2D eigenvalue weighted by molar-refractivity contribution is 5.66. The normalized spacial score (nSPS) is 54.1. The van der Waals surface area contributed by atoms with Gasteiger partial charge in [0.2, 0.25) is 0 Å². The van der Waals surface area contributed by atoms with Crippen LogP contribution in [0.4, 0.5) is 0 Å². The standard InChI is InChI=1S/C32H54O6/c1-18(33)37-25-17-23(35)32(9)21(27(25,2)3)11-14-29(6)22(32)16-20(34)26-19(10-13-30(26,29)7)31(8)15-12-24(38-31)28(4,5)36/h19-26,34-36H,10-17H2,1-9H3. The van der Waals surface area contributed by atoms with Gasteiger partial charge in [0, 0.05) is 24.2 Å². The third-order valence-electron chi connectivity index (χ3n) is 13.6. The minimum Gasteiger partial charge on any atom is -0.462 e. The molecule has 0 aromatic heterocycles. The third kappa shape index (κ3) is 3.75. The molecule has 1 saturated heterocycles. The van der Waals surface area contributed by atoms with Crippen LogP contribution in [0.15, 0.2) is 0 Å². The fraction of sp³-hybridized carbons (Fsp3) is 0.969. The molecule has 6 heteroatoms. The van der Waals surface area contributed by atoms with Gasteiger partial charge in [-0.05, 0) is 100 Å². The Bertz CT molecular complexity index is 956. The molecule has 12 unspecified atom stereocenters. The van der Waals surface area contributed by atoms with Gasteiger partial charge in [-0.3, -0.25) is 4.79 Å². The molecule has 4 aliphatic carbocycles. The number of carbonyl (C=O) groups is 1. The second-order valence-electron chi connectivity index (χ2n) is 16.1. The highest BCUT2D eigenvalue weighted by atomic mass is 16.5. The van der Waals surface area contributed by atoms with Gasteiger partial charge in [-0.1, -0.05) is 34.6 Å². The van der Waals surface area contributed by atoms with Crippen molar-refractivity contribution in [2.45, 2.75) is 149 Å². The Morgan fingerprint density at radius 3 is 2.11 bits per heavy atom. The maximum absolute atomic E-state index is 12.0. The summed E-state index contributed by atoms with van der Waals surface area (Å²) in [5, 5.41) is 34.5. The van der Waals surface area contributed by atoms with Crippen LogP contribution in [0.5, 0.6) is 0 Å². The van der Waals surface area contributed by atoms with E-state index in [4.69, 9.17) is 9.47 Å². The summed E-state index contributed by atoms with van der Waals surface area (Å²) in [7, 11) is 0. The molecule has 0 aromatic carbocycles. The summed E-state index contributed by atoms with van der Waals surface area (Å²) in [6.07, 6.45) is 5.51. The highest BCUT2D eigenvalue weighted by Gasteiger charge is 2.73. The van der Waals surface area contributed by atoms with Gasteiger partial charge >= 0.3 is 5.97 Å². The van der Waals surface area contributed by atoms with Crippen molar-refractivity contribution in [3.05, 3.63) is 0 Å². The van der Waals surface area contributed by atoms with E-state index in [2.05, 4.69) is 41.5 Å². The minimum absolute atomic E-state index is 0.0210. The molecule has 0 aromatic rings. The topological polar surface area (TPSA) is 96.2 Å². The Labute approximate surface area is 230 Å². The molecule has 5 fully saturated rings. The second kappa shape index (κ2) is 8.66. The van der Waals surface area contributed by atoms with Crippen molar-refractivity contribution < 1.29 is 29.6 Å². The Kier molecular flexibility index (Phi) is 6.57. The molecule has 0 amide bonds. The molecule has 3 N–H and O–H groups in total. The van der Waals surface area contributed by atoms with Gasteiger partial charge in [0.15, 0.2) is 0 Å². The first-order valence-electron chi connectivity index (χ1n) is 15.3. The third-order valence-corrected chi connectivity index (χ3v) is 13.6. The molecule has 38 heavy (non-hydrogen) atoms. The zero-order valence-corrected chi connectivity index (χ0v) is 25.3. The number of esters is 1. The van der Waals surface area contributed by atoms with Crippen molar-refractivity contribution in [1.29, 1.82) is 0 Å². The van der Waals surface area contributed by atoms with Gasteiger partial charge in [0.25, 0.3) is 0 Å². The first-order chi connectivity index (χ1) is 17.3. The quantitative estimate of drug-likeness (QED) is 0.428. The summed E-state index contributed by atoms with van der Waals surface area (Å²) in [4.78, 5) is 11.9. The minimum atomic E-state index is -0.872. The molecule has 5 aliphatic rings. The largest absolute Gasteiger partial charge is 0.462 e. The summed E-state index contributed by atoms with van der Waals surface area (Å²) >= 11 is 0. The number of ether oxygens (including phenoxy) is 2. The summed E-state index contributed by atoms with van der Waals surface area (Å²) in [5.74, 6) is 0.484. The lowest BCUT2D eigenvalue weighted by atomic mass is 9.34. The highest BCUT2D eigenvalue weighted by Crippen LogP contribution is 2.76. The Morgan fingerprint density at radius 2 is 1.53 bits per heavy atom. The molecule has 5 rings (SSSR count). The molecular weight excluding hydrogens is 480 g/mol. The Hall–Kier alpha value is -0.690. The maximum Gasteiger partial charge on any atom is 0.302 e. The zero-order chi connectivity index (χ0) is 28.3. The van der Waals surface area contributed by atoms with Crippen LogP contribution in [0.25, 0.3) is 0 Å². The molecule has 218 valence electrons. The van der Waals surface area contributed by atoms with E-state index in [1.807, 2.05) is 13.8 Å². The van der Waals surface area contributed by atoms with Crippen molar-refractivity contribution in [3.63, 3.8) is 0 Å². The van der Waals surface area contributed by atoms with E-state index in [0.29, 0.717) is 12.8 Å². The fourth-order valence-corrected chi connectivity index (χ4v) is 11.4. The lowest BCUT2D eigenvalue weighted by Gasteiger charge is -2.71. The Morgan fingerprint density at radius 1 is 0.895 bits per heavy atom. The van der Waals surface area contributed by atoms with Crippen LogP contribution in [0.2, 0.25) is 0 Å². The fourth-order valence-electron chi connectivity index (χ4n) is 11.4. The second-order valence-corrected chi connectivity index (χ2v) is 16.1. The van der Waals surface area contributed by atoms with Crippen molar-refractivity contribution in [2.24, 2.45) is 45.3 Å². The summed E-state index contributed by atoms with van der Waals surface area (Å²) in [6, 6.07) is 0. The predicted octanol–water partition coefficient (Wildman–Crippen LogP) is 5.25. The molecule has 1 heterocycles. The smallest absolute Gasteiger partial charge is 0.302 e. The first kappa shape index (κ1) is 28.8. The zero-order valence-electron chi connectivity index (χ0n) is 25.3. The molecule has 0 radical (unpaired) electrons. The van der Waals surface area contributed by atoms with Crippen LogP contribution >= 0.6 is 0 Å². The van der Waals surface area contributed by atoms with Gasteiger partial charge in [0.1, 0.15) is 6.10 Å². The number of hydrogen-bond donors (Lipinski definition) is 3. The van der Waals surface area contributed by atoms with Gasteiger partial charge < -0.3 is 24.8 Å². The van der Waals surface area contributed by atoms with Crippen LogP contribution in [0.1, 0.15) is 114 Å².